The van der Waals surface area contributed by atoms with E-state index in [-0.39, 0.29) is 18.0 Å². The first-order valence-corrected chi connectivity index (χ1v) is 12.4. The Morgan fingerprint density at radius 3 is 2.00 bits per heavy atom. The van der Waals surface area contributed by atoms with Crippen LogP contribution in [0, 0.1) is 5.92 Å². The number of nitrogens with zero attached hydrogens (tertiary/aromatic N) is 4. The van der Waals surface area contributed by atoms with Gasteiger partial charge in [-0.05, 0) is 51.7 Å². The molecule has 1 aromatic rings. The summed E-state index contributed by atoms with van der Waals surface area (Å²) in [7, 11) is 0. The fourth-order valence-corrected chi connectivity index (χ4v) is 5.27. The zero-order chi connectivity index (χ0) is 22.5. The van der Waals surface area contributed by atoms with Crippen molar-refractivity contribution < 1.29 is 9.59 Å². The molecule has 0 spiro atoms. The van der Waals surface area contributed by atoms with Crippen LogP contribution >= 0.6 is 0 Å². The molecule has 7 heteroatoms. The van der Waals surface area contributed by atoms with Crippen LogP contribution in [0.15, 0.2) is 30.3 Å². The predicted molar refractivity (Wildman–Crippen MR) is 128 cm³/mol. The van der Waals surface area contributed by atoms with Gasteiger partial charge in [-0.1, -0.05) is 18.2 Å². The molecule has 176 valence electrons. The molecule has 2 saturated heterocycles. The van der Waals surface area contributed by atoms with E-state index in [1.165, 1.54) is 5.69 Å². The van der Waals surface area contributed by atoms with Gasteiger partial charge in [-0.15, -0.1) is 0 Å². The Labute approximate surface area is 192 Å². The molecule has 1 aromatic carbocycles. The standard InChI is InChI=1S/C25H39N5O2/c1-20(2)27-12-16-29(17-13-27)24(31)21-8-10-22(11-9-21)26-25(32)30-18-14-28(15-19-30)23-6-4-3-5-7-23/h3-7,20-22H,8-19H2,1-2H3,(H,26,32). The van der Waals surface area contributed by atoms with Crippen molar-refractivity contribution in [3.8, 4) is 0 Å². The highest BCUT2D eigenvalue weighted by Crippen LogP contribution is 2.27. The van der Waals surface area contributed by atoms with Crippen LogP contribution in [0.3, 0.4) is 0 Å². The average molecular weight is 442 g/mol. The van der Waals surface area contributed by atoms with Gasteiger partial charge in [0, 0.05) is 76.0 Å². The molecule has 0 aromatic heterocycles. The Kier molecular flexibility index (Phi) is 7.55. The van der Waals surface area contributed by atoms with Gasteiger partial charge < -0.3 is 20.0 Å². The van der Waals surface area contributed by atoms with Gasteiger partial charge in [-0.2, -0.15) is 0 Å². The largest absolute Gasteiger partial charge is 0.368 e. The van der Waals surface area contributed by atoms with E-state index in [0.717, 1.165) is 78.0 Å². The summed E-state index contributed by atoms with van der Waals surface area (Å²) in [5.41, 5.74) is 1.22. The third-order valence-electron chi connectivity index (χ3n) is 7.45. The van der Waals surface area contributed by atoms with Crippen LogP contribution in [0.1, 0.15) is 39.5 Å². The monoisotopic (exact) mass is 441 g/mol. The van der Waals surface area contributed by atoms with Gasteiger partial charge in [0.25, 0.3) is 0 Å². The van der Waals surface area contributed by atoms with Gasteiger partial charge in [-0.25, -0.2) is 4.79 Å². The van der Waals surface area contributed by atoms with Gasteiger partial charge >= 0.3 is 6.03 Å². The number of rotatable bonds is 4. The summed E-state index contributed by atoms with van der Waals surface area (Å²) in [6, 6.07) is 11.2. The number of para-hydroxylation sites is 1. The van der Waals surface area contributed by atoms with Crippen LogP contribution in [-0.4, -0.2) is 91.1 Å². The van der Waals surface area contributed by atoms with Crippen molar-refractivity contribution in [2.24, 2.45) is 5.92 Å². The van der Waals surface area contributed by atoms with Crippen molar-refractivity contribution in [2.75, 3.05) is 57.3 Å². The van der Waals surface area contributed by atoms with Crippen LogP contribution in [-0.2, 0) is 4.79 Å². The topological polar surface area (TPSA) is 59.1 Å². The first-order valence-electron chi connectivity index (χ1n) is 12.4. The zero-order valence-corrected chi connectivity index (χ0v) is 19.7. The van der Waals surface area contributed by atoms with Gasteiger partial charge in [0.15, 0.2) is 0 Å². The molecule has 2 heterocycles. The first-order chi connectivity index (χ1) is 15.5. The number of carbonyl (C=O) groups excluding carboxylic acids is 2. The molecule has 4 rings (SSSR count). The summed E-state index contributed by atoms with van der Waals surface area (Å²) in [6.45, 7) is 11.3. The van der Waals surface area contributed by atoms with E-state index in [1.54, 1.807) is 0 Å². The van der Waals surface area contributed by atoms with E-state index in [1.807, 2.05) is 11.0 Å². The Morgan fingerprint density at radius 1 is 0.812 bits per heavy atom. The van der Waals surface area contributed by atoms with Crippen molar-refractivity contribution in [2.45, 2.75) is 51.6 Å². The van der Waals surface area contributed by atoms with Crippen LogP contribution in [0.2, 0.25) is 0 Å². The van der Waals surface area contributed by atoms with Crippen molar-refractivity contribution in [1.29, 1.82) is 0 Å². The maximum Gasteiger partial charge on any atom is 0.317 e. The highest BCUT2D eigenvalue weighted by molar-refractivity contribution is 5.79. The summed E-state index contributed by atoms with van der Waals surface area (Å²) >= 11 is 0. The minimum absolute atomic E-state index is 0.0531. The molecule has 0 bridgehead atoms. The average Bonchev–Trinajstić information content (AvgIpc) is 2.85. The summed E-state index contributed by atoms with van der Waals surface area (Å²) in [5, 5.41) is 3.24. The molecule has 0 radical (unpaired) electrons. The number of piperazine rings is 2. The third kappa shape index (κ3) is 5.55. The maximum absolute atomic E-state index is 13.0. The molecule has 3 fully saturated rings. The Hall–Kier alpha value is -2.28. The van der Waals surface area contributed by atoms with Gasteiger partial charge in [-0.3, -0.25) is 9.69 Å². The lowest BCUT2D eigenvalue weighted by Gasteiger charge is -2.40. The molecule has 0 unspecified atom stereocenters. The molecule has 3 aliphatic rings. The van der Waals surface area contributed by atoms with Gasteiger partial charge in [0.2, 0.25) is 5.91 Å². The molecule has 1 saturated carbocycles. The molecule has 0 atom stereocenters. The smallest absolute Gasteiger partial charge is 0.317 e. The highest BCUT2D eigenvalue weighted by atomic mass is 16.2. The zero-order valence-electron chi connectivity index (χ0n) is 19.7. The molecular weight excluding hydrogens is 402 g/mol. The third-order valence-corrected chi connectivity index (χ3v) is 7.45. The van der Waals surface area contributed by atoms with Crippen LogP contribution in [0.5, 0.6) is 0 Å². The summed E-state index contributed by atoms with van der Waals surface area (Å²) in [4.78, 5) is 34.5. The van der Waals surface area contributed by atoms with Crippen molar-refractivity contribution in [3.05, 3.63) is 30.3 Å². The predicted octanol–water partition coefficient (Wildman–Crippen LogP) is 2.63. The number of carbonyl (C=O) groups is 2. The number of hydrogen-bond donors (Lipinski definition) is 1. The van der Waals surface area contributed by atoms with Crippen molar-refractivity contribution in [1.82, 2.24) is 20.0 Å². The Morgan fingerprint density at radius 2 is 1.41 bits per heavy atom. The van der Waals surface area contributed by atoms with Crippen LogP contribution < -0.4 is 10.2 Å². The van der Waals surface area contributed by atoms with Crippen molar-refractivity contribution in [3.63, 3.8) is 0 Å². The second-order valence-electron chi connectivity index (χ2n) is 9.76. The fourth-order valence-electron chi connectivity index (χ4n) is 5.27. The normalized spacial score (nSPS) is 25.2. The number of hydrogen-bond acceptors (Lipinski definition) is 4. The molecule has 3 amide bonds. The second kappa shape index (κ2) is 10.6. The van der Waals surface area contributed by atoms with E-state index in [0.29, 0.717) is 11.9 Å². The quantitative estimate of drug-likeness (QED) is 0.780. The summed E-state index contributed by atoms with van der Waals surface area (Å²) in [5.74, 6) is 0.457. The molecule has 32 heavy (non-hydrogen) atoms. The number of nitrogens with one attached hydrogen (secondary N) is 1. The fraction of sp³-hybridized carbons (Fsp3) is 0.680. The number of benzene rings is 1. The molecule has 1 aliphatic carbocycles. The van der Waals surface area contributed by atoms with E-state index in [9.17, 15) is 9.59 Å². The lowest BCUT2D eigenvalue weighted by molar-refractivity contribution is -0.138. The van der Waals surface area contributed by atoms with Gasteiger partial charge in [0.05, 0.1) is 0 Å². The van der Waals surface area contributed by atoms with E-state index in [2.05, 4.69) is 58.1 Å². The number of amides is 3. The van der Waals surface area contributed by atoms with E-state index < -0.39 is 0 Å². The Bertz CT molecular complexity index is 747. The van der Waals surface area contributed by atoms with Crippen LogP contribution in [0.4, 0.5) is 10.5 Å². The van der Waals surface area contributed by atoms with E-state index in [4.69, 9.17) is 0 Å². The second-order valence-corrected chi connectivity index (χ2v) is 9.76. The summed E-state index contributed by atoms with van der Waals surface area (Å²) in [6.07, 6.45) is 3.57. The van der Waals surface area contributed by atoms with E-state index >= 15 is 0 Å². The Balaban J connectivity index is 1.17. The number of anilines is 1. The minimum atomic E-state index is 0.0531. The molecule has 1 N–H and O–H groups in total. The molecule has 2 aliphatic heterocycles. The lowest BCUT2D eigenvalue weighted by Crippen LogP contribution is -2.54. The number of urea groups is 1. The molecule has 7 nitrogen and oxygen atoms in total. The highest BCUT2D eigenvalue weighted by Gasteiger charge is 2.32. The first kappa shape index (κ1) is 22.9. The summed E-state index contributed by atoms with van der Waals surface area (Å²) < 4.78 is 0. The van der Waals surface area contributed by atoms with Crippen molar-refractivity contribution >= 4 is 17.6 Å². The molecular formula is C25H39N5O2. The maximum atomic E-state index is 13.0. The van der Waals surface area contributed by atoms with Crippen LogP contribution in [0.25, 0.3) is 0 Å². The minimum Gasteiger partial charge on any atom is -0.368 e. The SMILES string of the molecule is CC(C)N1CCN(C(=O)C2CCC(NC(=O)N3CCN(c4ccccc4)CC3)CC2)CC1. The lowest BCUT2D eigenvalue weighted by atomic mass is 9.85. The van der Waals surface area contributed by atoms with Gasteiger partial charge in [0.1, 0.15) is 0 Å².